The van der Waals surface area contributed by atoms with Crippen molar-refractivity contribution >= 4 is 37.3 Å². The van der Waals surface area contributed by atoms with E-state index in [-0.39, 0.29) is 7.92 Å². The van der Waals surface area contributed by atoms with Crippen LogP contribution >= 0.6 is 15.8 Å². The second kappa shape index (κ2) is 12.5. The van der Waals surface area contributed by atoms with Crippen LogP contribution in [0.5, 0.6) is 0 Å². The molecule has 202 valence electrons. The summed E-state index contributed by atoms with van der Waals surface area (Å²) in [6.07, 6.45) is 14.4. The van der Waals surface area contributed by atoms with E-state index in [0.717, 1.165) is 17.0 Å². The molecule has 4 heteroatoms. The van der Waals surface area contributed by atoms with Gasteiger partial charge in [0.15, 0.2) is 0 Å². The fourth-order valence-corrected chi connectivity index (χ4v) is 13.0. The van der Waals surface area contributed by atoms with Crippen molar-refractivity contribution < 1.29 is 0 Å². The average Bonchev–Trinajstić information content (AvgIpc) is 3.29. The molecule has 0 saturated heterocycles. The standard InChI is InChI=1S/C35H42N2P2/c1-27-28(2)37(35(36-27)39(32-19-11-5-12-20-32)33-21-13-6-14-22-33)29-23-25-34(26-24-29)38(30-15-7-3-8-16-30)31-17-9-4-10-18-31/h5-6,11-14,19-26,30-31H,3-4,7-10,15-18H2,1-2H3. The van der Waals surface area contributed by atoms with E-state index in [0.29, 0.717) is 0 Å². The monoisotopic (exact) mass is 552 g/mol. The lowest BCUT2D eigenvalue weighted by Crippen LogP contribution is -2.28. The van der Waals surface area contributed by atoms with Crippen LogP contribution < -0.4 is 21.5 Å². The molecule has 2 aliphatic rings. The van der Waals surface area contributed by atoms with Gasteiger partial charge < -0.3 is 0 Å². The zero-order chi connectivity index (χ0) is 26.6. The summed E-state index contributed by atoms with van der Waals surface area (Å²) in [4.78, 5) is 5.24. The smallest absolute Gasteiger partial charge is 0.145 e. The number of aryl methyl sites for hydroxylation is 1. The first-order valence-corrected chi connectivity index (χ1v) is 17.9. The van der Waals surface area contributed by atoms with Crippen molar-refractivity contribution in [3.05, 3.63) is 96.3 Å². The summed E-state index contributed by atoms with van der Waals surface area (Å²) in [7, 11) is -0.860. The van der Waals surface area contributed by atoms with Crippen LogP contribution in [0, 0.1) is 13.8 Å². The Kier molecular flexibility index (Phi) is 8.63. The number of rotatable bonds is 7. The molecule has 39 heavy (non-hydrogen) atoms. The molecular weight excluding hydrogens is 510 g/mol. The Morgan fingerprint density at radius 2 is 1.08 bits per heavy atom. The van der Waals surface area contributed by atoms with Crippen molar-refractivity contribution in [3.63, 3.8) is 0 Å². The molecular formula is C35H42N2P2. The predicted octanol–water partition coefficient (Wildman–Crippen LogP) is 8.02. The van der Waals surface area contributed by atoms with Gasteiger partial charge in [-0.05, 0) is 78.9 Å². The lowest BCUT2D eigenvalue weighted by molar-refractivity contribution is 0.487. The summed E-state index contributed by atoms with van der Waals surface area (Å²) in [5.41, 5.74) is 6.67. The highest BCUT2D eigenvalue weighted by Crippen LogP contribution is 2.54. The van der Waals surface area contributed by atoms with Gasteiger partial charge in [0.25, 0.3) is 0 Å². The molecule has 0 atom stereocenters. The maximum atomic E-state index is 5.24. The van der Waals surface area contributed by atoms with Crippen molar-refractivity contribution in [1.29, 1.82) is 0 Å². The maximum Gasteiger partial charge on any atom is 0.145 e. The minimum Gasteiger partial charge on any atom is -0.297 e. The quantitative estimate of drug-likeness (QED) is 0.212. The van der Waals surface area contributed by atoms with E-state index in [4.69, 9.17) is 4.98 Å². The lowest BCUT2D eigenvalue weighted by Gasteiger charge is -2.38. The van der Waals surface area contributed by atoms with E-state index < -0.39 is 7.92 Å². The molecule has 0 unspecified atom stereocenters. The number of nitrogens with zero attached hydrogens (tertiary/aromatic N) is 2. The number of benzene rings is 3. The molecule has 4 aromatic rings. The van der Waals surface area contributed by atoms with Gasteiger partial charge in [0.1, 0.15) is 5.57 Å². The first kappa shape index (κ1) is 26.9. The molecule has 0 radical (unpaired) electrons. The molecule has 2 saturated carbocycles. The highest BCUT2D eigenvalue weighted by atomic mass is 31.1. The summed E-state index contributed by atoms with van der Waals surface area (Å²) >= 11 is 0. The van der Waals surface area contributed by atoms with E-state index in [9.17, 15) is 0 Å². The van der Waals surface area contributed by atoms with Gasteiger partial charge in [-0.1, -0.05) is 119 Å². The molecule has 2 aliphatic carbocycles. The molecule has 2 nitrogen and oxygen atoms in total. The third kappa shape index (κ3) is 5.80. The van der Waals surface area contributed by atoms with E-state index in [1.165, 1.54) is 91.8 Å². The van der Waals surface area contributed by atoms with Crippen molar-refractivity contribution in [3.8, 4) is 5.69 Å². The first-order chi connectivity index (χ1) is 19.2. The van der Waals surface area contributed by atoms with Gasteiger partial charge in [0.2, 0.25) is 0 Å². The summed E-state index contributed by atoms with van der Waals surface area (Å²) in [6, 6.07) is 31.8. The van der Waals surface area contributed by atoms with E-state index in [2.05, 4.69) is 103 Å². The number of hydrogen-bond acceptors (Lipinski definition) is 1. The van der Waals surface area contributed by atoms with Gasteiger partial charge in [-0.2, -0.15) is 0 Å². The molecule has 0 aliphatic heterocycles. The highest BCUT2D eigenvalue weighted by Gasteiger charge is 2.32. The second-order valence-corrected chi connectivity index (χ2v) is 16.3. The van der Waals surface area contributed by atoms with Crippen molar-refractivity contribution in [2.24, 2.45) is 0 Å². The van der Waals surface area contributed by atoms with Crippen LogP contribution in [-0.2, 0) is 0 Å². The Morgan fingerprint density at radius 3 is 1.56 bits per heavy atom. The summed E-state index contributed by atoms with van der Waals surface area (Å²) < 4.78 is 2.45. The zero-order valence-electron chi connectivity index (χ0n) is 23.6. The Labute approximate surface area is 237 Å². The fraction of sp³-hybridized carbons (Fsp3) is 0.400. The molecule has 0 spiro atoms. The molecule has 1 heterocycles. The van der Waals surface area contributed by atoms with Crippen LogP contribution in [0.3, 0.4) is 0 Å². The van der Waals surface area contributed by atoms with Gasteiger partial charge in [-0.25, -0.2) is 4.98 Å². The van der Waals surface area contributed by atoms with Crippen molar-refractivity contribution in [2.45, 2.75) is 89.4 Å². The van der Waals surface area contributed by atoms with Crippen molar-refractivity contribution in [1.82, 2.24) is 9.55 Å². The molecule has 0 bridgehead atoms. The molecule has 0 amide bonds. The van der Waals surface area contributed by atoms with Gasteiger partial charge in [-0.15, -0.1) is 0 Å². The Morgan fingerprint density at radius 1 is 0.590 bits per heavy atom. The van der Waals surface area contributed by atoms with Gasteiger partial charge in [-0.3, -0.25) is 4.57 Å². The minimum absolute atomic E-state index is 0.0891. The first-order valence-electron chi connectivity index (χ1n) is 15.1. The predicted molar refractivity (Wildman–Crippen MR) is 172 cm³/mol. The molecule has 1 aromatic heterocycles. The van der Waals surface area contributed by atoms with E-state index >= 15 is 0 Å². The number of imidazole rings is 1. The molecule has 2 fully saturated rings. The molecule has 3 aromatic carbocycles. The van der Waals surface area contributed by atoms with Gasteiger partial charge >= 0.3 is 0 Å². The van der Waals surface area contributed by atoms with Crippen LogP contribution in [0.2, 0.25) is 0 Å². The Bertz CT molecular complexity index is 1280. The normalized spacial score (nSPS) is 17.2. The van der Waals surface area contributed by atoms with E-state index in [1.807, 2.05) is 0 Å². The largest absolute Gasteiger partial charge is 0.297 e. The zero-order valence-corrected chi connectivity index (χ0v) is 25.4. The van der Waals surface area contributed by atoms with Gasteiger partial charge in [0.05, 0.1) is 5.69 Å². The fourth-order valence-electron chi connectivity index (χ4n) is 6.80. The van der Waals surface area contributed by atoms with Gasteiger partial charge in [0, 0.05) is 19.3 Å². The number of hydrogen-bond donors (Lipinski definition) is 0. The van der Waals surface area contributed by atoms with Crippen molar-refractivity contribution in [2.75, 3.05) is 0 Å². The van der Waals surface area contributed by atoms with Crippen LogP contribution in [0.25, 0.3) is 5.69 Å². The Hall–Kier alpha value is -2.27. The second-order valence-electron chi connectivity index (χ2n) is 11.4. The SMILES string of the molecule is Cc1nc(P(c2ccccc2)c2ccccc2)n(-c2ccc(P(C3CCCCC3)C3CCCCC3)cc2)c1C. The summed E-state index contributed by atoms with van der Waals surface area (Å²) in [6.45, 7) is 4.40. The molecule has 6 rings (SSSR count). The topological polar surface area (TPSA) is 17.8 Å². The van der Waals surface area contributed by atoms with Crippen LogP contribution in [0.4, 0.5) is 0 Å². The van der Waals surface area contributed by atoms with Crippen LogP contribution in [0.15, 0.2) is 84.9 Å². The summed E-state index contributed by atoms with van der Waals surface area (Å²) in [5, 5.41) is 4.34. The minimum atomic E-state index is -0.771. The molecule has 0 N–H and O–H groups in total. The Balaban J connectivity index is 1.40. The van der Waals surface area contributed by atoms with E-state index in [1.54, 1.807) is 5.30 Å². The third-order valence-corrected chi connectivity index (χ3v) is 14.7. The van der Waals surface area contributed by atoms with Crippen LogP contribution in [-0.4, -0.2) is 20.9 Å². The summed E-state index contributed by atoms with van der Waals surface area (Å²) in [5.74, 6) is 0. The van der Waals surface area contributed by atoms with Crippen LogP contribution in [0.1, 0.15) is 75.6 Å². The highest BCUT2D eigenvalue weighted by molar-refractivity contribution is 7.79. The number of aromatic nitrogens is 2. The lowest BCUT2D eigenvalue weighted by atomic mass is 9.99. The average molecular weight is 553 g/mol. The third-order valence-electron chi connectivity index (χ3n) is 8.90. The maximum absolute atomic E-state index is 5.24.